The maximum absolute atomic E-state index is 5.22. The van der Waals surface area contributed by atoms with Gasteiger partial charge in [-0.3, -0.25) is 0 Å². The molecule has 0 saturated heterocycles. The number of hydrogen-bond donors (Lipinski definition) is 0. The Balaban J connectivity index is 2.04. The first-order valence-corrected chi connectivity index (χ1v) is 4.57. The van der Waals surface area contributed by atoms with Crippen molar-refractivity contribution in [1.29, 1.82) is 0 Å². The van der Waals surface area contributed by atoms with Crippen LogP contribution in [0, 0.1) is 0 Å². The van der Waals surface area contributed by atoms with Gasteiger partial charge in [-0.1, -0.05) is 30.3 Å². The minimum atomic E-state index is 0.148. The Bertz CT molecular complexity index is 282. The van der Waals surface area contributed by atoms with Crippen LogP contribution in [0.15, 0.2) is 42.4 Å². The van der Waals surface area contributed by atoms with Gasteiger partial charge in [-0.15, -0.1) is 0 Å². The molecule has 3 heteroatoms. The molecule has 1 aromatic carbocycles. The molecular formula is C9H9O2P. The Morgan fingerprint density at radius 1 is 1.17 bits per heavy atom. The van der Waals surface area contributed by atoms with Crippen molar-refractivity contribution in [3.63, 3.8) is 0 Å². The first kappa shape index (κ1) is 7.63. The fourth-order valence-electron chi connectivity index (χ4n) is 1.07. The zero-order valence-electron chi connectivity index (χ0n) is 6.49. The minimum absolute atomic E-state index is 0.148. The molecule has 0 bridgehead atoms. The Morgan fingerprint density at radius 3 is 2.67 bits per heavy atom. The van der Waals surface area contributed by atoms with Crippen LogP contribution in [0.25, 0.3) is 0 Å². The number of benzene rings is 1. The molecule has 1 aromatic rings. The predicted octanol–water partition coefficient (Wildman–Crippen LogP) is 2.63. The predicted molar refractivity (Wildman–Crippen MR) is 48.7 cm³/mol. The van der Waals surface area contributed by atoms with E-state index in [-0.39, 0.29) is 9.03 Å². The second-order valence-corrected chi connectivity index (χ2v) is 3.16. The summed E-state index contributed by atoms with van der Waals surface area (Å²) in [7, 11) is 0.148. The van der Waals surface area contributed by atoms with Crippen molar-refractivity contribution in [3.8, 4) is 0 Å². The van der Waals surface area contributed by atoms with E-state index in [0.29, 0.717) is 0 Å². The highest BCUT2D eigenvalue weighted by molar-refractivity contribution is 7.26. The van der Waals surface area contributed by atoms with E-state index in [1.165, 1.54) is 5.56 Å². The second kappa shape index (κ2) is 3.59. The van der Waals surface area contributed by atoms with Gasteiger partial charge in [0.25, 0.3) is 9.03 Å². The molecule has 0 radical (unpaired) electrons. The van der Waals surface area contributed by atoms with E-state index < -0.39 is 0 Å². The molecule has 1 aliphatic heterocycles. The van der Waals surface area contributed by atoms with Crippen molar-refractivity contribution >= 4 is 9.03 Å². The molecule has 1 unspecified atom stereocenters. The zero-order valence-corrected chi connectivity index (χ0v) is 7.49. The van der Waals surface area contributed by atoms with Crippen molar-refractivity contribution in [2.24, 2.45) is 0 Å². The Hall–Kier alpha value is -1.01. The lowest BCUT2D eigenvalue weighted by Gasteiger charge is -1.99. The van der Waals surface area contributed by atoms with Crippen LogP contribution >= 0.6 is 9.03 Å². The molecule has 0 amide bonds. The zero-order chi connectivity index (χ0) is 8.23. The lowest BCUT2D eigenvalue weighted by atomic mass is 10.1. The average Bonchev–Trinajstić information content (AvgIpc) is 2.59. The third-order valence-corrected chi connectivity index (χ3v) is 2.19. The molecular weight excluding hydrogens is 171 g/mol. The van der Waals surface area contributed by atoms with Gasteiger partial charge in [0.2, 0.25) is 0 Å². The van der Waals surface area contributed by atoms with Gasteiger partial charge in [0, 0.05) is 6.42 Å². The van der Waals surface area contributed by atoms with Crippen molar-refractivity contribution in [2.75, 3.05) is 0 Å². The summed E-state index contributed by atoms with van der Waals surface area (Å²) in [5.41, 5.74) is 1.25. The van der Waals surface area contributed by atoms with Crippen molar-refractivity contribution in [1.82, 2.24) is 0 Å². The first-order valence-electron chi connectivity index (χ1n) is 3.75. The summed E-state index contributed by atoms with van der Waals surface area (Å²) in [5, 5.41) is 0. The molecule has 0 aromatic heterocycles. The molecule has 0 aliphatic carbocycles. The number of allylic oxidation sites excluding steroid dienone is 1. The van der Waals surface area contributed by atoms with Crippen LogP contribution in [-0.2, 0) is 15.5 Å². The van der Waals surface area contributed by atoms with Gasteiger partial charge < -0.3 is 9.05 Å². The quantitative estimate of drug-likeness (QED) is 0.651. The van der Waals surface area contributed by atoms with Crippen LogP contribution < -0.4 is 0 Å². The van der Waals surface area contributed by atoms with E-state index in [4.69, 9.17) is 9.05 Å². The maximum atomic E-state index is 5.22. The fraction of sp³-hybridized carbons (Fsp3) is 0.111. The summed E-state index contributed by atoms with van der Waals surface area (Å²) in [6.07, 6.45) is 2.51. The van der Waals surface area contributed by atoms with Crippen molar-refractivity contribution in [3.05, 3.63) is 47.9 Å². The highest BCUT2D eigenvalue weighted by atomic mass is 31.1. The molecule has 1 heterocycles. The summed E-state index contributed by atoms with van der Waals surface area (Å²) in [4.78, 5) is 0. The van der Waals surface area contributed by atoms with E-state index in [1.807, 2.05) is 18.2 Å². The van der Waals surface area contributed by atoms with E-state index >= 15 is 0 Å². The van der Waals surface area contributed by atoms with Crippen LogP contribution in [0.3, 0.4) is 0 Å². The summed E-state index contributed by atoms with van der Waals surface area (Å²) < 4.78 is 10.2. The third-order valence-electron chi connectivity index (χ3n) is 1.63. The molecule has 0 N–H and O–H groups in total. The topological polar surface area (TPSA) is 18.5 Å². The van der Waals surface area contributed by atoms with Gasteiger partial charge in [0.1, 0.15) is 12.0 Å². The molecule has 2 nitrogen and oxygen atoms in total. The van der Waals surface area contributed by atoms with Crippen molar-refractivity contribution < 1.29 is 9.05 Å². The van der Waals surface area contributed by atoms with Gasteiger partial charge >= 0.3 is 0 Å². The molecule has 0 fully saturated rings. The molecule has 1 atom stereocenters. The lowest BCUT2D eigenvalue weighted by molar-refractivity contribution is 0.466. The standard InChI is InChI=1S/C9H9O2P/c1-2-4-8(5-3-1)6-9-7-10-12-11-9/h1-5,7,12H,6H2. The van der Waals surface area contributed by atoms with Crippen LogP contribution in [0.5, 0.6) is 0 Å². The number of hydrogen-bond acceptors (Lipinski definition) is 2. The molecule has 0 saturated carbocycles. The average molecular weight is 180 g/mol. The van der Waals surface area contributed by atoms with E-state index in [2.05, 4.69) is 12.1 Å². The Morgan fingerprint density at radius 2 is 2.00 bits per heavy atom. The summed E-state index contributed by atoms with van der Waals surface area (Å²) in [5.74, 6) is 0.916. The number of rotatable bonds is 2. The van der Waals surface area contributed by atoms with Gasteiger partial charge in [0.05, 0.1) is 0 Å². The summed E-state index contributed by atoms with van der Waals surface area (Å²) in [6.45, 7) is 0. The summed E-state index contributed by atoms with van der Waals surface area (Å²) in [6, 6.07) is 10.2. The summed E-state index contributed by atoms with van der Waals surface area (Å²) >= 11 is 0. The van der Waals surface area contributed by atoms with Gasteiger partial charge in [-0.05, 0) is 5.56 Å². The SMILES string of the molecule is C1=C(Cc2ccccc2)OPO1. The molecule has 12 heavy (non-hydrogen) atoms. The normalized spacial score (nSPS) is 16.8. The lowest BCUT2D eigenvalue weighted by Crippen LogP contribution is -1.87. The molecule has 1 aliphatic rings. The molecule has 2 rings (SSSR count). The van der Waals surface area contributed by atoms with Gasteiger partial charge in [0.15, 0.2) is 0 Å². The molecule has 0 spiro atoms. The van der Waals surface area contributed by atoms with E-state index in [0.717, 1.165) is 12.2 Å². The highest BCUT2D eigenvalue weighted by Gasteiger charge is 2.06. The minimum Gasteiger partial charge on any atom is -0.445 e. The van der Waals surface area contributed by atoms with Crippen molar-refractivity contribution in [2.45, 2.75) is 6.42 Å². The van der Waals surface area contributed by atoms with Gasteiger partial charge in [-0.2, -0.15) is 0 Å². The monoisotopic (exact) mass is 180 g/mol. The third kappa shape index (κ3) is 1.77. The van der Waals surface area contributed by atoms with E-state index in [9.17, 15) is 0 Å². The van der Waals surface area contributed by atoms with Crippen LogP contribution in [-0.4, -0.2) is 0 Å². The highest BCUT2D eigenvalue weighted by Crippen LogP contribution is 2.29. The molecule has 62 valence electrons. The fourth-order valence-corrected chi connectivity index (χ4v) is 1.52. The maximum Gasteiger partial charge on any atom is 0.274 e. The van der Waals surface area contributed by atoms with Gasteiger partial charge in [-0.25, -0.2) is 0 Å². The van der Waals surface area contributed by atoms with Crippen LogP contribution in [0.4, 0.5) is 0 Å². The van der Waals surface area contributed by atoms with E-state index in [1.54, 1.807) is 6.26 Å². The van der Waals surface area contributed by atoms with Crippen LogP contribution in [0.1, 0.15) is 5.56 Å². The second-order valence-electron chi connectivity index (χ2n) is 2.55. The Labute approximate surface area is 73.1 Å². The van der Waals surface area contributed by atoms with Crippen LogP contribution in [0.2, 0.25) is 0 Å². The smallest absolute Gasteiger partial charge is 0.274 e. The largest absolute Gasteiger partial charge is 0.445 e. The first-order chi connectivity index (χ1) is 5.95. The Kier molecular flexibility index (Phi) is 2.28.